The molecule has 4 rings (SSSR count). The molecule has 0 saturated heterocycles. The van der Waals surface area contributed by atoms with Crippen molar-refractivity contribution in [2.45, 2.75) is 6.54 Å². The van der Waals surface area contributed by atoms with Gasteiger partial charge in [0.1, 0.15) is 5.56 Å². The molecule has 0 unspecified atom stereocenters. The summed E-state index contributed by atoms with van der Waals surface area (Å²) in [5, 5.41) is 8.01. The molecule has 6 heteroatoms. The molecule has 0 aliphatic carbocycles. The first-order valence-corrected chi connectivity index (χ1v) is 8.90. The second-order valence-corrected chi connectivity index (χ2v) is 6.40. The Morgan fingerprint density at radius 3 is 2.41 bits per heavy atom. The predicted octanol–water partition coefficient (Wildman–Crippen LogP) is 4.25. The lowest BCUT2D eigenvalue weighted by Gasteiger charge is -2.11. The standard InChI is InChI=1S/C21H17ClN4O/c22-19-11-5-4-8-16(19)14-23-20(27)18-15-24-26(17-9-2-1-3-10-17)21(18)25-12-6-7-13-25/h1-13,15H,14H2,(H,23,27). The molecule has 4 aromatic rings. The van der Waals surface area contributed by atoms with E-state index in [9.17, 15) is 4.79 Å². The van der Waals surface area contributed by atoms with Gasteiger partial charge < -0.3 is 9.88 Å². The van der Waals surface area contributed by atoms with E-state index in [1.807, 2.05) is 83.7 Å². The molecule has 0 aliphatic heterocycles. The van der Waals surface area contributed by atoms with E-state index in [2.05, 4.69) is 10.4 Å². The van der Waals surface area contributed by atoms with E-state index >= 15 is 0 Å². The second-order valence-electron chi connectivity index (χ2n) is 5.99. The van der Waals surface area contributed by atoms with Crippen molar-refractivity contribution >= 4 is 17.5 Å². The van der Waals surface area contributed by atoms with Crippen molar-refractivity contribution in [1.82, 2.24) is 19.7 Å². The molecule has 2 aromatic carbocycles. The molecule has 0 bridgehead atoms. The van der Waals surface area contributed by atoms with E-state index < -0.39 is 0 Å². The Bertz CT molecular complexity index is 1060. The SMILES string of the molecule is O=C(NCc1ccccc1Cl)c1cnn(-c2ccccc2)c1-n1cccc1. The number of halogens is 1. The molecule has 0 aliphatic rings. The molecular weight excluding hydrogens is 360 g/mol. The Balaban J connectivity index is 1.67. The number of rotatable bonds is 5. The number of amides is 1. The van der Waals surface area contributed by atoms with Crippen LogP contribution in [0, 0.1) is 0 Å². The third kappa shape index (κ3) is 3.50. The van der Waals surface area contributed by atoms with Gasteiger partial charge in [-0.2, -0.15) is 5.10 Å². The fraction of sp³-hybridized carbons (Fsp3) is 0.0476. The summed E-state index contributed by atoms with van der Waals surface area (Å²) in [5.74, 6) is 0.476. The van der Waals surface area contributed by atoms with Crippen molar-refractivity contribution in [3.05, 3.63) is 101 Å². The van der Waals surface area contributed by atoms with Crippen LogP contribution in [0.25, 0.3) is 11.5 Å². The number of hydrogen-bond donors (Lipinski definition) is 1. The number of carbonyl (C=O) groups excluding carboxylic acids is 1. The average Bonchev–Trinajstić information content (AvgIpc) is 3.37. The third-order valence-corrected chi connectivity index (χ3v) is 4.60. The molecule has 0 atom stereocenters. The number of aromatic nitrogens is 3. The largest absolute Gasteiger partial charge is 0.348 e. The number of nitrogens with one attached hydrogen (secondary N) is 1. The number of para-hydroxylation sites is 1. The Kier molecular flexibility index (Phi) is 4.77. The van der Waals surface area contributed by atoms with Crippen LogP contribution in [0.2, 0.25) is 5.02 Å². The van der Waals surface area contributed by atoms with Crippen LogP contribution < -0.4 is 5.32 Å². The molecule has 2 aromatic heterocycles. The van der Waals surface area contributed by atoms with E-state index in [0.29, 0.717) is 22.9 Å². The van der Waals surface area contributed by atoms with Crippen molar-refractivity contribution in [1.29, 1.82) is 0 Å². The summed E-state index contributed by atoms with van der Waals surface area (Å²) in [7, 11) is 0. The van der Waals surface area contributed by atoms with Crippen LogP contribution in [0.5, 0.6) is 0 Å². The number of nitrogens with zero attached hydrogens (tertiary/aromatic N) is 3. The summed E-state index contributed by atoms with van der Waals surface area (Å²) in [4.78, 5) is 12.9. The molecule has 0 radical (unpaired) electrons. The van der Waals surface area contributed by atoms with Crippen LogP contribution in [0.1, 0.15) is 15.9 Å². The Morgan fingerprint density at radius 2 is 1.67 bits per heavy atom. The number of hydrogen-bond acceptors (Lipinski definition) is 2. The maximum Gasteiger partial charge on any atom is 0.256 e. The normalized spacial score (nSPS) is 10.7. The molecule has 27 heavy (non-hydrogen) atoms. The molecule has 0 spiro atoms. The van der Waals surface area contributed by atoms with E-state index in [1.54, 1.807) is 10.9 Å². The van der Waals surface area contributed by atoms with Crippen LogP contribution in [0.15, 0.2) is 85.3 Å². The lowest BCUT2D eigenvalue weighted by atomic mass is 10.2. The fourth-order valence-electron chi connectivity index (χ4n) is 2.90. The summed E-state index contributed by atoms with van der Waals surface area (Å²) in [6, 6.07) is 21.0. The third-order valence-electron chi connectivity index (χ3n) is 4.24. The van der Waals surface area contributed by atoms with Crippen molar-refractivity contribution in [2.75, 3.05) is 0 Å². The van der Waals surface area contributed by atoms with Gasteiger partial charge in [0.05, 0.1) is 11.9 Å². The maximum atomic E-state index is 12.9. The zero-order valence-electron chi connectivity index (χ0n) is 14.4. The zero-order chi connectivity index (χ0) is 18.6. The highest BCUT2D eigenvalue weighted by Crippen LogP contribution is 2.20. The van der Waals surface area contributed by atoms with Gasteiger partial charge in [-0.3, -0.25) is 4.79 Å². The topological polar surface area (TPSA) is 51.9 Å². The quantitative estimate of drug-likeness (QED) is 0.566. The predicted molar refractivity (Wildman–Crippen MR) is 106 cm³/mol. The first kappa shape index (κ1) is 17.1. The van der Waals surface area contributed by atoms with Crippen LogP contribution in [-0.2, 0) is 6.54 Å². The summed E-state index contributed by atoms with van der Waals surface area (Å²) in [5.41, 5.74) is 2.24. The zero-order valence-corrected chi connectivity index (χ0v) is 15.2. The lowest BCUT2D eigenvalue weighted by Crippen LogP contribution is -2.24. The summed E-state index contributed by atoms with van der Waals surface area (Å²) >= 11 is 6.18. The van der Waals surface area contributed by atoms with Gasteiger partial charge in [0.25, 0.3) is 5.91 Å². The van der Waals surface area contributed by atoms with Crippen molar-refractivity contribution in [3.8, 4) is 11.5 Å². The van der Waals surface area contributed by atoms with E-state index in [4.69, 9.17) is 11.6 Å². The van der Waals surface area contributed by atoms with E-state index in [1.165, 1.54) is 0 Å². The Labute approximate surface area is 161 Å². The number of carbonyl (C=O) groups is 1. The first-order valence-electron chi connectivity index (χ1n) is 8.52. The summed E-state index contributed by atoms with van der Waals surface area (Å²) in [6.45, 7) is 0.347. The van der Waals surface area contributed by atoms with Gasteiger partial charge in [0, 0.05) is 24.0 Å². The number of benzene rings is 2. The average molecular weight is 377 g/mol. The summed E-state index contributed by atoms with van der Waals surface area (Å²) in [6.07, 6.45) is 5.37. The van der Waals surface area contributed by atoms with Crippen molar-refractivity contribution in [3.63, 3.8) is 0 Å². The Morgan fingerprint density at radius 1 is 0.963 bits per heavy atom. The second kappa shape index (κ2) is 7.51. The highest BCUT2D eigenvalue weighted by Gasteiger charge is 2.19. The molecule has 5 nitrogen and oxygen atoms in total. The molecule has 134 valence electrons. The van der Waals surface area contributed by atoms with Gasteiger partial charge in [0.2, 0.25) is 0 Å². The lowest BCUT2D eigenvalue weighted by molar-refractivity contribution is 0.0951. The minimum Gasteiger partial charge on any atom is -0.348 e. The van der Waals surface area contributed by atoms with Gasteiger partial charge in [-0.25, -0.2) is 4.68 Å². The molecule has 1 N–H and O–H groups in total. The van der Waals surface area contributed by atoms with Crippen LogP contribution in [0.4, 0.5) is 0 Å². The van der Waals surface area contributed by atoms with Gasteiger partial charge >= 0.3 is 0 Å². The van der Waals surface area contributed by atoms with Crippen molar-refractivity contribution < 1.29 is 4.79 Å². The summed E-state index contributed by atoms with van der Waals surface area (Å²) < 4.78 is 3.63. The fourth-order valence-corrected chi connectivity index (χ4v) is 3.10. The van der Waals surface area contributed by atoms with Crippen LogP contribution in [-0.4, -0.2) is 20.3 Å². The minimum atomic E-state index is -0.208. The molecule has 0 fully saturated rings. The monoisotopic (exact) mass is 376 g/mol. The highest BCUT2D eigenvalue weighted by atomic mass is 35.5. The minimum absolute atomic E-state index is 0.208. The van der Waals surface area contributed by atoms with Crippen molar-refractivity contribution in [2.24, 2.45) is 0 Å². The first-order chi connectivity index (χ1) is 13.2. The van der Waals surface area contributed by atoms with Crippen LogP contribution in [0.3, 0.4) is 0 Å². The van der Waals surface area contributed by atoms with Gasteiger partial charge in [0.15, 0.2) is 5.82 Å². The van der Waals surface area contributed by atoms with E-state index in [-0.39, 0.29) is 5.91 Å². The smallest absolute Gasteiger partial charge is 0.256 e. The highest BCUT2D eigenvalue weighted by molar-refractivity contribution is 6.31. The van der Waals surface area contributed by atoms with Crippen LogP contribution >= 0.6 is 11.6 Å². The maximum absolute atomic E-state index is 12.9. The van der Waals surface area contributed by atoms with E-state index in [0.717, 1.165) is 11.3 Å². The van der Waals surface area contributed by atoms with Gasteiger partial charge in [-0.05, 0) is 35.9 Å². The Hall–Kier alpha value is -3.31. The van der Waals surface area contributed by atoms with Gasteiger partial charge in [-0.1, -0.05) is 48.0 Å². The molecule has 1 amide bonds. The molecule has 2 heterocycles. The molecular formula is C21H17ClN4O. The van der Waals surface area contributed by atoms with Gasteiger partial charge in [-0.15, -0.1) is 0 Å². The molecule has 0 saturated carbocycles.